The van der Waals surface area contributed by atoms with Gasteiger partial charge in [0, 0.05) is 61.5 Å². The van der Waals surface area contributed by atoms with Gasteiger partial charge in [0.25, 0.3) is 5.91 Å². The number of anilines is 1. The average molecular weight is 744 g/mol. The van der Waals surface area contributed by atoms with E-state index in [9.17, 15) is 13.2 Å². The number of carbonyl (C=O) groups is 1. The quantitative estimate of drug-likeness (QED) is 0.350. The smallest absolute Gasteiger partial charge is 0.264 e. The number of rotatable bonds is 5. The Hall–Kier alpha value is -2.70. The highest BCUT2D eigenvalue weighted by Crippen LogP contribution is 2.45. The highest BCUT2D eigenvalue weighted by molar-refractivity contribution is 7.90. The monoisotopic (exact) mass is 743 g/mol. The second-order valence-electron chi connectivity index (χ2n) is 15.4. The van der Waals surface area contributed by atoms with Gasteiger partial charge in [-0.2, -0.15) is 0 Å². The molecule has 0 radical (unpaired) electrons. The van der Waals surface area contributed by atoms with Crippen LogP contribution in [0.2, 0.25) is 5.02 Å². The summed E-state index contributed by atoms with van der Waals surface area (Å²) in [6.07, 6.45) is 8.46. The summed E-state index contributed by atoms with van der Waals surface area (Å²) < 4.78 is 63.9. The molecule has 4 heterocycles. The fourth-order valence-electron chi connectivity index (χ4n) is 8.60. The van der Waals surface area contributed by atoms with Gasteiger partial charge < -0.3 is 19.1 Å². The first-order valence-electron chi connectivity index (χ1n) is 18.7. The topological polar surface area (TPSA) is 97.4 Å². The molecule has 5 aliphatic rings. The number of fused-ring (bicyclic) bond motifs is 4. The molecule has 1 N–H and O–H groups in total. The van der Waals surface area contributed by atoms with Crippen LogP contribution in [0.4, 0.5) is 10.1 Å². The molecule has 2 aromatic rings. The lowest BCUT2D eigenvalue weighted by Crippen LogP contribution is -2.60. The minimum atomic E-state index is -4.06. The number of sulfonamides is 1. The third-order valence-electron chi connectivity index (χ3n) is 12.1. The molecule has 12 heteroatoms. The molecule has 1 spiro atoms. The summed E-state index contributed by atoms with van der Waals surface area (Å²) in [6, 6.07) is 10.8. The Bertz CT molecular complexity index is 1740. The summed E-state index contributed by atoms with van der Waals surface area (Å²) in [5.74, 6) is -0.224. The van der Waals surface area contributed by atoms with E-state index in [-0.39, 0.29) is 35.9 Å². The summed E-state index contributed by atoms with van der Waals surface area (Å²) in [6.45, 7) is 8.09. The fraction of sp³-hybridized carbons (Fsp3) is 0.615. The van der Waals surface area contributed by atoms with Gasteiger partial charge in [0.05, 0.1) is 30.2 Å². The van der Waals surface area contributed by atoms with E-state index >= 15 is 4.39 Å². The molecule has 51 heavy (non-hydrogen) atoms. The summed E-state index contributed by atoms with van der Waals surface area (Å²) >= 11 is 6.45. The van der Waals surface area contributed by atoms with Crippen LogP contribution in [-0.2, 0) is 31.3 Å². The molecule has 2 saturated heterocycles. The Labute approximate surface area is 306 Å². The van der Waals surface area contributed by atoms with Crippen LogP contribution in [0, 0.1) is 11.8 Å². The second kappa shape index (κ2) is 15.3. The van der Waals surface area contributed by atoms with Crippen LogP contribution < -0.4 is 14.4 Å². The van der Waals surface area contributed by atoms with Gasteiger partial charge in [-0.15, -0.1) is 0 Å². The van der Waals surface area contributed by atoms with Crippen molar-refractivity contribution in [3.63, 3.8) is 0 Å². The second-order valence-corrected chi connectivity index (χ2v) is 17.9. The molecule has 5 atom stereocenters. The number of amides is 1. The number of halogens is 2. The molecule has 278 valence electrons. The van der Waals surface area contributed by atoms with E-state index in [1.807, 2.05) is 6.07 Å². The maximum atomic E-state index is 16.4. The van der Waals surface area contributed by atoms with Crippen molar-refractivity contribution in [1.29, 1.82) is 0 Å². The molecule has 4 aliphatic heterocycles. The van der Waals surface area contributed by atoms with Crippen molar-refractivity contribution in [3.05, 3.63) is 70.0 Å². The van der Waals surface area contributed by atoms with Crippen molar-refractivity contribution in [2.24, 2.45) is 11.8 Å². The molecular weight excluding hydrogens is 693 g/mol. The zero-order chi connectivity index (χ0) is 35.8. The third-order valence-corrected chi connectivity index (χ3v) is 14.3. The Morgan fingerprint density at radius 3 is 2.73 bits per heavy atom. The first kappa shape index (κ1) is 36.6. The standard InChI is InChI=1S/C39H51ClFN3O6S/c1-26-5-9-34(41)36(23-49-19-14-28-12-17-48-18-13-28)44-16-11-32(44)22-43-24-39(15-3-4-29-20-31(40)7-8-33(29)39)25-50-37-10-6-30(21-35(37)43)38(45)42-51(46,47)27(26)2/h6-10,20-21,26-28,32,36H,3-5,11-19,22-25H2,1-2H3,(H,42,45)/b34-9-/t26-,27+,32-,36-,39-/m0/s1. The molecule has 9 nitrogen and oxygen atoms in total. The molecular formula is C39H51ClFN3O6S. The van der Waals surface area contributed by atoms with Crippen molar-refractivity contribution in [2.45, 2.75) is 88.0 Å². The van der Waals surface area contributed by atoms with Gasteiger partial charge >= 0.3 is 0 Å². The van der Waals surface area contributed by atoms with E-state index in [0.29, 0.717) is 43.0 Å². The van der Waals surface area contributed by atoms with Crippen molar-refractivity contribution in [2.75, 3.05) is 57.6 Å². The number of nitrogens with one attached hydrogen (secondary N) is 1. The average Bonchev–Trinajstić information content (AvgIpc) is 3.26. The van der Waals surface area contributed by atoms with Gasteiger partial charge in [-0.25, -0.2) is 17.5 Å². The van der Waals surface area contributed by atoms with Gasteiger partial charge in [0.15, 0.2) is 0 Å². The van der Waals surface area contributed by atoms with Crippen molar-refractivity contribution in [3.8, 4) is 5.75 Å². The molecule has 0 unspecified atom stereocenters. The molecule has 2 fully saturated rings. The largest absolute Gasteiger partial charge is 0.490 e. The zero-order valence-electron chi connectivity index (χ0n) is 29.8. The number of benzene rings is 2. The molecule has 2 bridgehead atoms. The van der Waals surface area contributed by atoms with Gasteiger partial charge in [-0.3, -0.25) is 9.69 Å². The Kier molecular flexibility index (Phi) is 11.0. The lowest BCUT2D eigenvalue weighted by molar-refractivity contribution is -0.00775. The van der Waals surface area contributed by atoms with E-state index in [1.165, 1.54) is 17.2 Å². The fourth-order valence-corrected chi connectivity index (χ4v) is 10.1. The van der Waals surface area contributed by atoms with Gasteiger partial charge in [0.1, 0.15) is 11.6 Å². The van der Waals surface area contributed by atoms with E-state index in [4.69, 9.17) is 25.8 Å². The molecule has 2 aromatic carbocycles. The summed E-state index contributed by atoms with van der Waals surface area (Å²) in [5, 5.41) is -0.214. The summed E-state index contributed by atoms with van der Waals surface area (Å²) in [5.41, 5.74) is 3.10. The predicted molar refractivity (Wildman–Crippen MR) is 197 cm³/mol. The van der Waals surface area contributed by atoms with Crippen molar-refractivity contribution in [1.82, 2.24) is 9.62 Å². The minimum Gasteiger partial charge on any atom is -0.490 e. The van der Waals surface area contributed by atoms with Crippen molar-refractivity contribution >= 4 is 33.2 Å². The Morgan fingerprint density at radius 2 is 1.94 bits per heavy atom. The lowest BCUT2D eigenvalue weighted by Gasteiger charge is -2.49. The maximum absolute atomic E-state index is 16.4. The number of hydrogen-bond acceptors (Lipinski definition) is 8. The first-order valence-corrected chi connectivity index (χ1v) is 20.6. The van der Waals surface area contributed by atoms with E-state index in [2.05, 4.69) is 26.7 Å². The normalized spacial score (nSPS) is 31.3. The highest BCUT2D eigenvalue weighted by Gasteiger charge is 2.44. The van der Waals surface area contributed by atoms with Crippen LogP contribution in [0.15, 0.2) is 48.3 Å². The van der Waals surface area contributed by atoms with Crippen LogP contribution in [0.1, 0.15) is 80.3 Å². The molecule has 7 rings (SSSR count). The number of ether oxygens (including phenoxy) is 3. The first-order chi connectivity index (χ1) is 24.5. The minimum absolute atomic E-state index is 0.0339. The molecule has 1 aliphatic carbocycles. The van der Waals surface area contributed by atoms with E-state index < -0.39 is 33.1 Å². The summed E-state index contributed by atoms with van der Waals surface area (Å²) in [7, 11) is -4.06. The number of nitrogens with zero attached hydrogens (tertiary/aromatic N) is 2. The summed E-state index contributed by atoms with van der Waals surface area (Å²) in [4.78, 5) is 18.0. The number of carbonyl (C=O) groups excluding carboxylic acids is 1. The SMILES string of the molecule is C[C@@H]1[C@@H](C)C/C=C(\F)[C@H](COCCC2CCOCC2)N2CC[C@H]2CN2C[C@@]3(CCCc4cc(Cl)ccc43)COc3ccc(cc32)C(=O)NS1(=O)=O. The van der Waals surface area contributed by atoms with Crippen LogP contribution in [0.5, 0.6) is 5.75 Å². The number of aryl methyl sites for hydroxylation is 1. The lowest BCUT2D eigenvalue weighted by atomic mass is 9.70. The Morgan fingerprint density at radius 1 is 1.12 bits per heavy atom. The van der Waals surface area contributed by atoms with E-state index in [1.54, 1.807) is 32.0 Å². The van der Waals surface area contributed by atoms with Gasteiger partial charge in [-0.1, -0.05) is 30.7 Å². The van der Waals surface area contributed by atoms with Crippen LogP contribution in [0.25, 0.3) is 0 Å². The van der Waals surface area contributed by atoms with Crippen LogP contribution >= 0.6 is 11.6 Å². The molecule has 0 aromatic heterocycles. The maximum Gasteiger partial charge on any atom is 0.264 e. The van der Waals surface area contributed by atoms with Gasteiger partial charge in [-0.05, 0) is 112 Å². The van der Waals surface area contributed by atoms with Crippen LogP contribution in [-0.4, -0.2) is 89.2 Å². The van der Waals surface area contributed by atoms with Crippen LogP contribution in [0.3, 0.4) is 0 Å². The predicted octanol–water partition coefficient (Wildman–Crippen LogP) is 6.43. The third kappa shape index (κ3) is 7.84. The Balaban J connectivity index is 1.23. The number of hydrogen-bond donors (Lipinski definition) is 1. The zero-order valence-corrected chi connectivity index (χ0v) is 31.3. The number of allylic oxidation sites excluding steroid dienone is 1. The highest BCUT2D eigenvalue weighted by atomic mass is 35.5. The molecule has 1 amide bonds. The van der Waals surface area contributed by atoms with Gasteiger partial charge in [0.2, 0.25) is 10.0 Å². The molecule has 0 saturated carbocycles. The van der Waals surface area contributed by atoms with E-state index in [0.717, 1.165) is 70.4 Å². The van der Waals surface area contributed by atoms with Crippen molar-refractivity contribution < 1.29 is 31.8 Å².